The summed E-state index contributed by atoms with van der Waals surface area (Å²) in [6.07, 6.45) is 10.6. The van der Waals surface area contributed by atoms with Gasteiger partial charge >= 0.3 is 0 Å². The van der Waals surface area contributed by atoms with Gasteiger partial charge in [-0.15, -0.1) is 0 Å². The van der Waals surface area contributed by atoms with E-state index < -0.39 is 0 Å². The zero-order valence-electron chi connectivity index (χ0n) is 22.7. The number of hydrogen-bond acceptors (Lipinski definition) is 4. The predicted octanol–water partition coefficient (Wildman–Crippen LogP) is 6.11. The van der Waals surface area contributed by atoms with Crippen molar-refractivity contribution in [2.45, 2.75) is 64.2 Å². The third-order valence-corrected chi connectivity index (χ3v) is 8.62. The maximum Gasteiger partial charge on any atom is 0.222 e. The molecule has 1 saturated heterocycles. The van der Waals surface area contributed by atoms with Gasteiger partial charge in [0.2, 0.25) is 5.91 Å². The summed E-state index contributed by atoms with van der Waals surface area (Å²) in [6.45, 7) is 6.03. The Hall–Kier alpha value is -2.60. The van der Waals surface area contributed by atoms with Crippen LogP contribution in [-0.4, -0.2) is 61.6 Å². The van der Waals surface area contributed by atoms with Gasteiger partial charge in [0.15, 0.2) is 11.6 Å². The van der Waals surface area contributed by atoms with Crippen LogP contribution in [0.3, 0.4) is 0 Å². The number of fused-ring (bicyclic) bond motifs is 1. The Kier molecular flexibility index (Phi) is 9.21. The number of halogens is 1. The minimum absolute atomic E-state index is 0.199. The molecule has 2 aromatic rings. The summed E-state index contributed by atoms with van der Waals surface area (Å²) in [7, 11) is 0. The average Bonchev–Trinajstić information content (AvgIpc) is 3.74. The second-order valence-corrected chi connectivity index (χ2v) is 11.6. The van der Waals surface area contributed by atoms with E-state index in [0.29, 0.717) is 19.4 Å². The molecule has 5 nitrogen and oxygen atoms in total. The van der Waals surface area contributed by atoms with Gasteiger partial charge in [-0.1, -0.05) is 36.8 Å². The molecule has 2 fully saturated rings. The number of rotatable bonds is 7. The summed E-state index contributed by atoms with van der Waals surface area (Å²) in [5.41, 5.74) is 1.61. The van der Waals surface area contributed by atoms with Gasteiger partial charge in [0, 0.05) is 39.1 Å². The van der Waals surface area contributed by atoms with E-state index in [1.165, 1.54) is 50.3 Å². The normalized spacial score (nSPS) is 20.6. The van der Waals surface area contributed by atoms with Gasteiger partial charge in [-0.05, 0) is 86.5 Å². The monoisotopic (exact) mass is 522 g/mol. The summed E-state index contributed by atoms with van der Waals surface area (Å²) in [5, 5.41) is 0. The van der Waals surface area contributed by atoms with Crippen molar-refractivity contribution in [3.63, 3.8) is 0 Å². The van der Waals surface area contributed by atoms with Crippen molar-refractivity contribution in [2.75, 3.05) is 45.9 Å². The van der Waals surface area contributed by atoms with Crippen LogP contribution in [0.4, 0.5) is 4.39 Å². The fraction of sp³-hybridized carbons (Fsp3) is 0.594. The first-order valence-electron chi connectivity index (χ1n) is 14.7. The van der Waals surface area contributed by atoms with E-state index in [1.807, 2.05) is 0 Å². The van der Waals surface area contributed by atoms with Crippen LogP contribution in [0.15, 0.2) is 48.5 Å². The number of piperidine rings is 1. The minimum Gasteiger partial charge on any atom is -0.492 e. The molecule has 2 heterocycles. The van der Waals surface area contributed by atoms with Crippen molar-refractivity contribution < 1.29 is 18.7 Å². The Labute approximate surface area is 227 Å². The largest absolute Gasteiger partial charge is 0.492 e. The van der Waals surface area contributed by atoms with E-state index in [0.717, 1.165) is 63.7 Å². The van der Waals surface area contributed by atoms with Crippen LogP contribution < -0.4 is 9.47 Å². The smallest absolute Gasteiger partial charge is 0.222 e. The number of likely N-dealkylation sites (tertiary alicyclic amines) is 1. The summed E-state index contributed by atoms with van der Waals surface area (Å²) >= 11 is 0. The SMILES string of the molecule is O=C(CCCOc1ccccc1F)N1CCC2(CCCCc3ccccc3OCCN(CC3CC3)C2)CC1. The van der Waals surface area contributed by atoms with Crippen molar-refractivity contribution in [2.24, 2.45) is 11.3 Å². The second-order valence-electron chi connectivity index (χ2n) is 11.6. The molecule has 2 aromatic carbocycles. The fourth-order valence-electron chi connectivity index (χ4n) is 6.17. The molecule has 3 aliphatic rings. The van der Waals surface area contributed by atoms with Crippen LogP contribution in [-0.2, 0) is 11.2 Å². The molecule has 0 aromatic heterocycles. The lowest BCUT2D eigenvalue weighted by atomic mass is 9.73. The molecule has 2 aliphatic heterocycles. The Bertz CT molecular complexity index is 1050. The number of aryl methyl sites for hydroxylation is 1. The van der Waals surface area contributed by atoms with E-state index in [-0.39, 0.29) is 22.9 Å². The molecule has 0 N–H and O–H groups in total. The van der Waals surface area contributed by atoms with Crippen LogP contribution in [0.1, 0.15) is 63.4 Å². The van der Waals surface area contributed by atoms with Crippen LogP contribution in [0.2, 0.25) is 0 Å². The van der Waals surface area contributed by atoms with Crippen molar-refractivity contribution in [1.29, 1.82) is 0 Å². The fourth-order valence-corrected chi connectivity index (χ4v) is 6.17. The summed E-state index contributed by atoms with van der Waals surface area (Å²) in [4.78, 5) is 17.7. The third-order valence-electron chi connectivity index (χ3n) is 8.62. The van der Waals surface area contributed by atoms with Gasteiger partial charge in [0.05, 0.1) is 6.61 Å². The van der Waals surface area contributed by atoms with Crippen molar-refractivity contribution in [3.8, 4) is 11.5 Å². The van der Waals surface area contributed by atoms with Crippen LogP contribution in [0.25, 0.3) is 0 Å². The number of nitrogens with zero attached hydrogens (tertiary/aromatic N) is 2. The van der Waals surface area contributed by atoms with Gasteiger partial charge < -0.3 is 14.4 Å². The van der Waals surface area contributed by atoms with E-state index in [9.17, 15) is 9.18 Å². The molecule has 0 atom stereocenters. The van der Waals surface area contributed by atoms with E-state index >= 15 is 0 Å². The zero-order valence-corrected chi connectivity index (χ0v) is 22.7. The molecular weight excluding hydrogens is 479 g/mol. The Morgan fingerprint density at radius 1 is 1.00 bits per heavy atom. The number of amides is 1. The van der Waals surface area contributed by atoms with Gasteiger partial charge in [-0.25, -0.2) is 4.39 Å². The summed E-state index contributed by atoms with van der Waals surface area (Å²) in [6, 6.07) is 15.0. The molecule has 1 amide bonds. The average molecular weight is 523 g/mol. The molecule has 1 saturated carbocycles. The van der Waals surface area contributed by atoms with E-state index in [1.54, 1.807) is 18.2 Å². The molecule has 0 bridgehead atoms. The summed E-state index contributed by atoms with van der Waals surface area (Å²) < 4.78 is 25.6. The molecule has 0 unspecified atom stereocenters. The molecule has 206 valence electrons. The Morgan fingerprint density at radius 3 is 2.61 bits per heavy atom. The van der Waals surface area contributed by atoms with Gasteiger partial charge in [-0.2, -0.15) is 0 Å². The highest BCUT2D eigenvalue weighted by Crippen LogP contribution is 2.40. The van der Waals surface area contributed by atoms with Gasteiger partial charge in [0.25, 0.3) is 0 Å². The number of benzene rings is 2. The molecular formula is C32H43FN2O3. The molecule has 0 radical (unpaired) electrons. The quantitative estimate of drug-likeness (QED) is 0.412. The predicted molar refractivity (Wildman–Crippen MR) is 148 cm³/mol. The standard InChI is InChI=1S/C32H43FN2O3/c33-28-10-2-4-12-30(28)37-22-7-13-31(36)35-19-17-32(18-20-35)16-6-5-9-27-8-1-3-11-29(27)38-23-21-34(25-32)24-26-14-15-26/h1-4,8,10-12,26H,5-7,9,13-25H2. The number of carbonyl (C=O) groups is 1. The third kappa shape index (κ3) is 7.49. The van der Waals surface area contributed by atoms with E-state index in [4.69, 9.17) is 9.47 Å². The van der Waals surface area contributed by atoms with Crippen molar-refractivity contribution in [1.82, 2.24) is 9.80 Å². The second kappa shape index (κ2) is 13.0. The van der Waals surface area contributed by atoms with Gasteiger partial charge in [-0.3, -0.25) is 9.69 Å². The molecule has 1 aliphatic carbocycles. The number of para-hydroxylation sites is 2. The zero-order chi connectivity index (χ0) is 26.2. The number of ether oxygens (including phenoxy) is 2. The lowest BCUT2D eigenvalue weighted by molar-refractivity contribution is -0.134. The molecule has 5 rings (SSSR count). The topological polar surface area (TPSA) is 42.0 Å². The highest BCUT2D eigenvalue weighted by Gasteiger charge is 2.38. The molecule has 6 heteroatoms. The molecule has 1 spiro atoms. The Balaban J connectivity index is 1.14. The van der Waals surface area contributed by atoms with Crippen LogP contribution in [0, 0.1) is 17.2 Å². The van der Waals surface area contributed by atoms with Crippen LogP contribution >= 0.6 is 0 Å². The van der Waals surface area contributed by atoms with Crippen LogP contribution in [0.5, 0.6) is 11.5 Å². The highest BCUT2D eigenvalue weighted by atomic mass is 19.1. The minimum atomic E-state index is -0.358. The number of carbonyl (C=O) groups excluding carboxylic acids is 1. The van der Waals surface area contributed by atoms with E-state index in [2.05, 4.69) is 34.1 Å². The first-order valence-corrected chi connectivity index (χ1v) is 14.7. The lowest BCUT2D eigenvalue weighted by Crippen LogP contribution is -2.49. The summed E-state index contributed by atoms with van der Waals surface area (Å²) in [5.74, 6) is 2.00. The lowest BCUT2D eigenvalue weighted by Gasteiger charge is -2.45. The first kappa shape index (κ1) is 27.0. The Morgan fingerprint density at radius 2 is 1.79 bits per heavy atom. The van der Waals surface area contributed by atoms with Crippen molar-refractivity contribution in [3.05, 3.63) is 59.9 Å². The highest BCUT2D eigenvalue weighted by molar-refractivity contribution is 5.76. The maximum absolute atomic E-state index is 13.7. The van der Waals surface area contributed by atoms with Gasteiger partial charge in [0.1, 0.15) is 12.4 Å². The number of hydrogen-bond donors (Lipinski definition) is 0. The molecule has 38 heavy (non-hydrogen) atoms. The first-order chi connectivity index (χ1) is 18.6. The van der Waals surface area contributed by atoms with Crippen molar-refractivity contribution >= 4 is 5.91 Å². The maximum atomic E-state index is 13.7.